The van der Waals surface area contributed by atoms with E-state index in [9.17, 15) is 4.79 Å². The summed E-state index contributed by atoms with van der Waals surface area (Å²) in [5.41, 5.74) is 7.62. The summed E-state index contributed by atoms with van der Waals surface area (Å²) in [6, 6.07) is 9.59. The minimum absolute atomic E-state index is 0.104. The number of carbonyl (C=O) groups is 1. The molecule has 3 nitrogen and oxygen atoms in total. The van der Waals surface area contributed by atoms with E-state index < -0.39 is 6.04 Å². The highest BCUT2D eigenvalue weighted by molar-refractivity contribution is 5.82. The highest BCUT2D eigenvalue weighted by Gasteiger charge is 2.31. The van der Waals surface area contributed by atoms with Crippen LogP contribution in [0, 0.1) is 5.41 Å². The Labute approximate surface area is 122 Å². The number of nitrogens with two attached hydrogens (primary N) is 1. The first-order valence-electron chi connectivity index (χ1n) is 7.62. The maximum absolute atomic E-state index is 12.4. The maximum Gasteiger partial charge on any atom is 0.239 e. The van der Waals surface area contributed by atoms with Crippen molar-refractivity contribution >= 4 is 5.91 Å². The minimum Gasteiger partial charge on any atom is -0.341 e. The molecule has 0 unspecified atom stereocenters. The summed E-state index contributed by atoms with van der Waals surface area (Å²) in [5.74, 6) is 0.104. The van der Waals surface area contributed by atoms with Gasteiger partial charge in [-0.05, 0) is 30.2 Å². The lowest BCUT2D eigenvalue weighted by Crippen LogP contribution is -2.49. The SMILES string of the molecule is CCC1(C)CCN(C(=O)[C@@H](N)Cc2ccccc2)CC1. The van der Waals surface area contributed by atoms with E-state index in [0.29, 0.717) is 11.8 Å². The van der Waals surface area contributed by atoms with Crippen LogP contribution in [0.5, 0.6) is 0 Å². The van der Waals surface area contributed by atoms with Gasteiger partial charge in [0.15, 0.2) is 0 Å². The number of likely N-dealkylation sites (tertiary alicyclic amines) is 1. The number of benzene rings is 1. The van der Waals surface area contributed by atoms with Gasteiger partial charge in [-0.1, -0.05) is 50.6 Å². The molecule has 110 valence electrons. The predicted molar refractivity (Wildman–Crippen MR) is 82.3 cm³/mol. The number of piperidine rings is 1. The molecule has 3 heteroatoms. The van der Waals surface area contributed by atoms with Gasteiger partial charge in [-0.2, -0.15) is 0 Å². The zero-order valence-electron chi connectivity index (χ0n) is 12.6. The number of hydrogen-bond donors (Lipinski definition) is 1. The molecule has 0 radical (unpaired) electrons. The number of nitrogens with zero attached hydrogens (tertiary/aromatic N) is 1. The molecular weight excluding hydrogens is 248 g/mol. The molecule has 1 aliphatic rings. The van der Waals surface area contributed by atoms with Gasteiger partial charge in [0.1, 0.15) is 0 Å². The Balaban J connectivity index is 1.89. The van der Waals surface area contributed by atoms with Crippen LogP contribution in [-0.2, 0) is 11.2 Å². The molecule has 2 N–H and O–H groups in total. The molecule has 0 saturated carbocycles. The quantitative estimate of drug-likeness (QED) is 0.917. The van der Waals surface area contributed by atoms with E-state index in [1.165, 1.54) is 6.42 Å². The van der Waals surface area contributed by atoms with Gasteiger partial charge >= 0.3 is 0 Å². The van der Waals surface area contributed by atoms with Crippen LogP contribution in [0.25, 0.3) is 0 Å². The van der Waals surface area contributed by atoms with E-state index in [0.717, 1.165) is 31.5 Å². The Kier molecular flexibility index (Phi) is 4.81. The van der Waals surface area contributed by atoms with Gasteiger partial charge in [0.25, 0.3) is 0 Å². The van der Waals surface area contributed by atoms with Crippen molar-refractivity contribution in [1.82, 2.24) is 4.90 Å². The molecule has 1 aromatic carbocycles. The molecule has 1 heterocycles. The first kappa shape index (κ1) is 15.0. The highest BCUT2D eigenvalue weighted by Crippen LogP contribution is 2.34. The van der Waals surface area contributed by atoms with Crippen molar-refractivity contribution in [1.29, 1.82) is 0 Å². The van der Waals surface area contributed by atoms with E-state index in [2.05, 4.69) is 13.8 Å². The molecule has 0 spiro atoms. The summed E-state index contributed by atoms with van der Waals surface area (Å²) in [7, 11) is 0. The summed E-state index contributed by atoms with van der Waals surface area (Å²) in [6.45, 7) is 6.26. The van der Waals surface area contributed by atoms with E-state index in [1.54, 1.807) is 0 Å². The first-order valence-corrected chi connectivity index (χ1v) is 7.62. The molecule has 1 saturated heterocycles. The molecule has 0 aliphatic carbocycles. The highest BCUT2D eigenvalue weighted by atomic mass is 16.2. The molecule has 1 aromatic rings. The van der Waals surface area contributed by atoms with Crippen molar-refractivity contribution in [2.45, 2.75) is 45.6 Å². The van der Waals surface area contributed by atoms with Gasteiger partial charge in [-0.25, -0.2) is 0 Å². The smallest absolute Gasteiger partial charge is 0.239 e. The summed E-state index contributed by atoms with van der Waals surface area (Å²) in [4.78, 5) is 14.4. The van der Waals surface area contributed by atoms with Gasteiger partial charge in [0, 0.05) is 13.1 Å². The second-order valence-corrected chi connectivity index (χ2v) is 6.29. The van der Waals surface area contributed by atoms with Gasteiger partial charge < -0.3 is 10.6 Å². The standard InChI is InChI=1S/C17H26N2O/c1-3-17(2)9-11-19(12-10-17)16(20)15(18)13-14-7-5-4-6-8-14/h4-8,15H,3,9-13,18H2,1-2H3/t15-/m0/s1. The molecular formula is C17H26N2O. The van der Waals surface area contributed by atoms with Crippen molar-refractivity contribution in [2.24, 2.45) is 11.1 Å². The van der Waals surface area contributed by atoms with Crippen LogP contribution in [0.2, 0.25) is 0 Å². The number of hydrogen-bond acceptors (Lipinski definition) is 2. The fourth-order valence-corrected chi connectivity index (χ4v) is 2.81. The van der Waals surface area contributed by atoms with Crippen LogP contribution in [0.1, 0.15) is 38.7 Å². The Bertz CT molecular complexity index is 436. The normalized spacial score (nSPS) is 19.6. The second kappa shape index (κ2) is 6.40. The Morgan fingerprint density at radius 3 is 2.45 bits per heavy atom. The second-order valence-electron chi connectivity index (χ2n) is 6.29. The molecule has 1 fully saturated rings. The first-order chi connectivity index (χ1) is 9.54. The average Bonchev–Trinajstić information content (AvgIpc) is 2.48. The van der Waals surface area contributed by atoms with Gasteiger partial charge in [-0.15, -0.1) is 0 Å². The predicted octanol–water partition coefficient (Wildman–Crippen LogP) is 2.60. The Morgan fingerprint density at radius 1 is 1.30 bits per heavy atom. The number of carbonyl (C=O) groups excluding carboxylic acids is 1. The van der Waals surface area contributed by atoms with Crippen LogP contribution < -0.4 is 5.73 Å². The fraction of sp³-hybridized carbons (Fsp3) is 0.588. The maximum atomic E-state index is 12.4. The Hall–Kier alpha value is -1.35. The summed E-state index contributed by atoms with van der Waals surface area (Å²) in [5, 5.41) is 0. The van der Waals surface area contributed by atoms with Crippen LogP contribution in [0.4, 0.5) is 0 Å². The van der Waals surface area contributed by atoms with Gasteiger partial charge in [-0.3, -0.25) is 4.79 Å². The van der Waals surface area contributed by atoms with Crippen LogP contribution in [0.3, 0.4) is 0 Å². The summed E-state index contributed by atoms with van der Waals surface area (Å²) >= 11 is 0. The van der Waals surface area contributed by atoms with Crippen LogP contribution in [-0.4, -0.2) is 29.9 Å². The minimum atomic E-state index is -0.414. The lowest BCUT2D eigenvalue weighted by atomic mass is 9.78. The number of amides is 1. The van der Waals surface area contributed by atoms with Crippen molar-refractivity contribution in [3.63, 3.8) is 0 Å². The average molecular weight is 274 g/mol. The molecule has 2 rings (SSSR count). The van der Waals surface area contributed by atoms with Crippen molar-refractivity contribution in [3.05, 3.63) is 35.9 Å². The van der Waals surface area contributed by atoms with Gasteiger partial charge in [0.05, 0.1) is 6.04 Å². The molecule has 20 heavy (non-hydrogen) atoms. The van der Waals surface area contributed by atoms with Crippen LogP contribution in [0.15, 0.2) is 30.3 Å². The third-order valence-electron chi connectivity index (χ3n) is 4.75. The molecule has 1 atom stereocenters. The summed E-state index contributed by atoms with van der Waals surface area (Å²) in [6.07, 6.45) is 3.99. The third kappa shape index (κ3) is 3.60. The lowest BCUT2D eigenvalue weighted by Gasteiger charge is -2.39. The zero-order chi connectivity index (χ0) is 14.6. The van der Waals surface area contributed by atoms with Gasteiger partial charge in [0.2, 0.25) is 5.91 Å². The third-order valence-corrected chi connectivity index (χ3v) is 4.75. The van der Waals surface area contributed by atoms with E-state index in [1.807, 2.05) is 35.2 Å². The molecule has 1 amide bonds. The largest absolute Gasteiger partial charge is 0.341 e. The van der Waals surface area contributed by atoms with Crippen molar-refractivity contribution < 1.29 is 4.79 Å². The monoisotopic (exact) mass is 274 g/mol. The molecule has 0 aromatic heterocycles. The van der Waals surface area contributed by atoms with E-state index in [4.69, 9.17) is 5.73 Å². The topological polar surface area (TPSA) is 46.3 Å². The molecule has 0 bridgehead atoms. The van der Waals surface area contributed by atoms with Crippen molar-refractivity contribution in [3.8, 4) is 0 Å². The van der Waals surface area contributed by atoms with Crippen molar-refractivity contribution in [2.75, 3.05) is 13.1 Å². The summed E-state index contributed by atoms with van der Waals surface area (Å²) < 4.78 is 0. The number of rotatable bonds is 4. The van der Waals surface area contributed by atoms with Crippen LogP contribution >= 0.6 is 0 Å². The fourth-order valence-electron chi connectivity index (χ4n) is 2.81. The van der Waals surface area contributed by atoms with E-state index >= 15 is 0 Å². The molecule has 1 aliphatic heterocycles. The Morgan fingerprint density at radius 2 is 1.90 bits per heavy atom. The lowest BCUT2D eigenvalue weighted by molar-refractivity contribution is -0.134. The van der Waals surface area contributed by atoms with E-state index in [-0.39, 0.29) is 5.91 Å². The zero-order valence-corrected chi connectivity index (χ0v) is 12.6.